The van der Waals surface area contributed by atoms with E-state index >= 15 is 0 Å². The number of rotatable bonds is 9. The fourth-order valence-electron chi connectivity index (χ4n) is 2.13. The molecule has 8 heteroatoms. The lowest BCUT2D eigenvalue weighted by Crippen LogP contribution is -2.41. The molecule has 120 valence electrons. The second kappa shape index (κ2) is 8.28. The quantitative estimate of drug-likeness (QED) is 0.525. The van der Waals surface area contributed by atoms with E-state index in [9.17, 15) is 8.42 Å². The van der Waals surface area contributed by atoms with Crippen molar-refractivity contribution in [2.45, 2.75) is 37.6 Å². The van der Waals surface area contributed by atoms with Gasteiger partial charge in [0.2, 0.25) is 10.0 Å². The van der Waals surface area contributed by atoms with Gasteiger partial charge in [-0.25, -0.2) is 19.2 Å². The first-order valence-corrected chi connectivity index (χ1v) is 8.38. The zero-order valence-corrected chi connectivity index (χ0v) is 13.6. The maximum absolute atomic E-state index is 12.8. The Morgan fingerprint density at radius 2 is 2.05 bits per heavy atom. The minimum atomic E-state index is -3.60. The summed E-state index contributed by atoms with van der Waals surface area (Å²) in [7, 11) is -2.04. The molecule has 0 atom stereocenters. The normalized spacial score (nSPS) is 12.1. The van der Waals surface area contributed by atoms with Crippen LogP contribution >= 0.6 is 0 Å². The first kappa shape index (κ1) is 17.8. The molecule has 0 saturated carbocycles. The van der Waals surface area contributed by atoms with Crippen LogP contribution in [0.25, 0.3) is 0 Å². The van der Waals surface area contributed by atoms with E-state index in [1.54, 1.807) is 7.11 Å². The Hall–Kier alpha value is -1.22. The van der Waals surface area contributed by atoms with Crippen molar-refractivity contribution in [3.63, 3.8) is 0 Å². The van der Waals surface area contributed by atoms with Gasteiger partial charge in [-0.05, 0) is 25.0 Å². The number of nitrogens with two attached hydrogens (primary N) is 1. The van der Waals surface area contributed by atoms with Gasteiger partial charge in [0, 0.05) is 25.9 Å². The molecule has 1 rings (SSSR count). The molecule has 0 amide bonds. The number of methoxy groups -OCH3 is 1. The number of hydrogen-bond acceptors (Lipinski definition) is 6. The number of hydrogen-bond donors (Lipinski definition) is 2. The van der Waals surface area contributed by atoms with Gasteiger partial charge in [-0.3, -0.25) is 0 Å². The van der Waals surface area contributed by atoms with Crippen LogP contribution < -0.4 is 11.3 Å². The van der Waals surface area contributed by atoms with Crippen LogP contribution in [0.15, 0.2) is 23.2 Å². The molecule has 21 heavy (non-hydrogen) atoms. The van der Waals surface area contributed by atoms with Gasteiger partial charge in [-0.1, -0.05) is 13.8 Å². The summed E-state index contributed by atoms with van der Waals surface area (Å²) in [6.07, 6.45) is 2.80. The molecular weight excluding hydrogens is 292 g/mol. The number of anilines is 1. The molecule has 0 aliphatic carbocycles. The molecule has 0 radical (unpaired) electrons. The molecule has 1 heterocycles. The highest BCUT2D eigenvalue weighted by Gasteiger charge is 2.29. The number of ether oxygens (including phenoxy) is 1. The summed E-state index contributed by atoms with van der Waals surface area (Å²) in [6.45, 7) is 4.63. The number of pyridine rings is 1. The van der Waals surface area contributed by atoms with Crippen LogP contribution in [0.4, 0.5) is 5.82 Å². The lowest BCUT2D eigenvalue weighted by atomic mass is 10.2. The van der Waals surface area contributed by atoms with Crippen LogP contribution in [0.5, 0.6) is 0 Å². The molecule has 7 nitrogen and oxygen atoms in total. The fourth-order valence-corrected chi connectivity index (χ4v) is 3.83. The molecule has 0 spiro atoms. The van der Waals surface area contributed by atoms with Gasteiger partial charge in [-0.15, -0.1) is 0 Å². The Kier molecular flexibility index (Phi) is 7.03. The van der Waals surface area contributed by atoms with Gasteiger partial charge in [0.05, 0.1) is 6.61 Å². The van der Waals surface area contributed by atoms with Crippen molar-refractivity contribution in [1.29, 1.82) is 0 Å². The lowest BCUT2D eigenvalue weighted by molar-refractivity contribution is 0.163. The van der Waals surface area contributed by atoms with Crippen LogP contribution in [0.3, 0.4) is 0 Å². The largest absolute Gasteiger partial charge is 0.383 e. The van der Waals surface area contributed by atoms with Crippen molar-refractivity contribution in [2.24, 2.45) is 5.84 Å². The third-order valence-electron chi connectivity index (χ3n) is 3.36. The number of nitrogens with one attached hydrogen (secondary N) is 1. The predicted molar refractivity (Wildman–Crippen MR) is 82.2 cm³/mol. The summed E-state index contributed by atoms with van der Waals surface area (Å²) >= 11 is 0. The average molecular weight is 316 g/mol. The Balaban J connectivity index is 3.12. The molecule has 1 aromatic rings. The highest BCUT2D eigenvalue weighted by molar-refractivity contribution is 7.89. The Morgan fingerprint density at radius 1 is 1.38 bits per heavy atom. The van der Waals surface area contributed by atoms with Gasteiger partial charge in [0.15, 0.2) is 0 Å². The number of hydrazine groups is 1. The lowest BCUT2D eigenvalue weighted by Gasteiger charge is -2.29. The molecule has 0 saturated heterocycles. The van der Waals surface area contributed by atoms with Gasteiger partial charge in [0.1, 0.15) is 10.7 Å². The zero-order valence-electron chi connectivity index (χ0n) is 12.7. The van der Waals surface area contributed by atoms with E-state index in [1.165, 1.54) is 22.6 Å². The summed E-state index contributed by atoms with van der Waals surface area (Å²) in [6, 6.07) is 2.98. The number of nitrogens with zero attached hydrogens (tertiary/aromatic N) is 2. The molecule has 0 aliphatic rings. The minimum Gasteiger partial charge on any atom is -0.383 e. The summed E-state index contributed by atoms with van der Waals surface area (Å²) in [5.41, 5.74) is 2.37. The molecule has 1 aromatic heterocycles. The maximum atomic E-state index is 12.8. The minimum absolute atomic E-state index is 0.0579. The Morgan fingerprint density at radius 3 is 2.48 bits per heavy atom. The van der Waals surface area contributed by atoms with E-state index in [0.29, 0.717) is 19.0 Å². The predicted octanol–water partition coefficient (Wildman–Crippen LogP) is 1.19. The molecule has 0 aliphatic heterocycles. The third-order valence-corrected chi connectivity index (χ3v) is 5.29. The first-order valence-electron chi connectivity index (χ1n) is 6.94. The third kappa shape index (κ3) is 4.37. The van der Waals surface area contributed by atoms with Gasteiger partial charge < -0.3 is 10.2 Å². The standard InChI is InChI=1S/C13H24N4O3S/c1-4-11(5-2)17(8-9-20-3)21(18,19)12-6-7-13(16-14)15-10-12/h6-7,10-11H,4-5,8-9,14H2,1-3H3,(H,15,16). The van der Waals surface area contributed by atoms with Crippen LogP contribution in [-0.2, 0) is 14.8 Å². The Bertz CT molecular complexity index is 515. The zero-order chi connectivity index (χ0) is 15.9. The van der Waals surface area contributed by atoms with Crippen molar-refractivity contribution in [3.8, 4) is 0 Å². The van der Waals surface area contributed by atoms with Crippen molar-refractivity contribution in [1.82, 2.24) is 9.29 Å². The van der Waals surface area contributed by atoms with E-state index in [0.717, 1.165) is 12.8 Å². The van der Waals surface area contributed by atoms with E-state index < -0.39 is 10.0 Å². The summed E-state index contributed by atoms with van der Waals surface area (Å²) < 4.78 is 32.1. The molecule has 3 N–H and O–H groups in total. The van der Waals surface area contributed by atoms with Crippen molar-refractivity contribution in [3.05, 3.63) is 18.3 Å². The number of sulfonamides is 1. The second-order valence-corrected chi connectivity index (χ2v) is 6.49. The summed E-state index contributed by atoms with van der Waals surface area (Å²) in [4.78, 5) is 4.12. The second-order valence-electron chi connectivity index (χ2n) is 4.60. The van der Waals surface area contributed by atoms with Gasteiger partial charge in [-0.2, -0.15) is 4.31 Å². The SMILES string of the molecule is CCC(CC)N(CCOC)S(=O)(=O)c1ccc(NN)nc1. The van der Waals surface area contributed by atoms with E-state index in [-0.39, 0.29) is 10.9 Å². The highest BCUT2D eigenvalue weighted by atomic mass is 32.2. The fraction of sp³-hybridized carbons (Fsp3) is 0.615. The molecule has 0 bridgehead atoms. The van der Waals surface area contributed by atoms with Crippen molar-refractivity contribution in [2.75, 3.05) is 25.7 Å². The monoisotopic (exact) mass is 316 g/mol. The van der Waals surface area contributed by atoms with E-state index in [4.69, 9.17) is 10.6 Å². The van der Waals surface area contributed by atoms with Crippen LogP contribution in [0.2, 0.25) is 0 Å². The van der Waals surface area contributed by atoms with Crippen LogP contribution in [0.1, 0.15) is 26.7 Å². The first-order chi connectivity index (χ1) is 10.0. The smallest absolute Gasteiger partial charge is 0.244 e. The molecule has 0 aromatic carbocycles. The van der Waals surface area contributed by atoms with Crippen LogP contribution in [0, 0.1) is 0 Å². The maximum Gasteiger partial charge on any atom is 0.244 e. The Labute approximate surface area is 126 Å². The summed E-state index contributed by atoms with van der Waals surface area (Å²) in [5.74, 6) is 5.65. The topological polar surface area (TPSA) is 97.5 Å². The van der Waals surface area contributed by atoms with E-state index in [1.807, 2.05) is 13.8 Å². The van der Waals surface area contributed by atoms with Crippen molar-refractivity contribution < 1.29 is 13.2 Å². The van der Waals surface area contributed by atoms with Gasteiger partial charge >= 0.3 is 0 Å². The van der Waals surface area contributed by atoms with E-state index in [2.05, 4.69) is 10.4 Å². The molecule has 0 fully saturated rings. The average Bonchev–Trinajstić information content (AvgIpc) is 2.51. The van der Waals surface area contributed by atoms with Gasteiger partial charge in [0.25, 0.3) is 0 Å². The summed E-state index contributed by atoms with van der Waals surface area (Å²) in [5, 5.41) is 0. The molecule has 0 unspecified atom stereocenters. The number of nitrogen functional groups attached to an aromatic ring is 1. The van der Waals surface area contributed by atoms with Crippen LogP contribution in [-0.4, -0.2) is 44.0 Å². The highest BCUT2D eigenvalue weighted by Crippen LogP contribution is 2.21. The van der Waals surface area contributed by atoms with Crippen molar-refractivity contribution >= 4 is 15.8 Å². The molecular formula is C13H24N4O3S. The number of aromatic nitrogens is 1.